The predicted molar refractivity (Wildman–Crippen MR) is 148 cm³/mol. The summed E-state index contributed by atoms with van der Waals surface area (Å²) in [6.07, 6.45) is 1.64. The lowest BCUT2D eigenvalue weighted by Crippen LogP contribution is -2.17. The molecule has 0 aliphatic carbocycles. The molecule has 0 radical (unpaired) electrons. The Morgan fingerprint density at radius 1 is 0.944 bits per heavy atom. The van der Waals surface area contributed by atoms with E-state index in [1.807, 2.05) is 66.0 Å². The Bertz CT molecular complexity index is 1540. The summed E-state index contributed by atoms with van der Waals surface area (Å²) in [7, 11) is 1.65. The van der Waals surface area contributed by atoms with E-state index in [0.717, 1.165) is 44.2 Å². The van der Waals surface area contributed by atoms with Crippen LogP contribution in [0.5, 0.6) is 5.75 Å². The molecule has 7 heteroatoms. The first-order chi connectivity index (χ1) is 17.6. The summed E-state index contributed by atoms with van der Waals surface area (Å²) in [6, 6.07) is 27.2. The minimum Gasteiger partial charge on any atom is -0.496 e. The van der Waals surface area contributed by atoms with E-state index in [-0.39, 0.29) is 5.91 Å². The fourth-order valence-electron chi connectivity index (χ4n) is 3.83. The monoisotopic (exact) mass is 492 g/mol. The van der Waals surface area contributed by atoms with Gasteiger partial charge in [0.2, 0.25) is 0 Å². The van der Waals surface area contributed by atoms with Crippen molar-refractivity contribution in [2.24, 2.45) is 5.10 Å². The Kier molecular flexibility index (Phi) is 6.73. The van der Waals surface area contributed by atoms with Crippen LogP contribution < -0.4 is 15.5 Å². The zero-order valence-corrected chi connectivity index (χ0v) is 20.7. The Morgan fingerprint density at radius 2 is 1.69 bits per heavy atom. The predicted octanol–water partition coefficient (Wildman–Crippen LogP) is 6.79. The molecule has 0 aliphatic heterocycles. The number of aryl methyl sites for hydroxylation is 1. The molecule has 0 saturated carbocycles. The van der Waals surface area contributed by atoms with Crippen LogP contribution >= 0.6 is 11.3 Å². The lowest BCUT2D eigenvalue weighted by Gasteiger charge is -2.07. The second kappa shape index (κ2) is 10.4. The van der Waals surface area contributed by atoms with Crippen LogP contribution in [0, 0.1) is 6.92 Å². The van der Waals surface area contributed by atoms with Gasteiger partial charge in [0, 0.05) is 33.1 Å². The van der Waals surface area contributed by atoms with Crippen molar-refractivity contribution in [3.8, 4) is 17.0 Å². The van der Waals surface area contributed by atoms with E-state index in [2.05, 4.69) is 39.9 Å². The molecule has 4 aromatic carbocycles. The number of amides is 1. The average Bonchev–Trinajstić information content (AvgIpc) is 3.38. The van der Waals surface area contributed by atoms with Gasteiger partial charge in [-0.15, -0.1) is 11.3 Å². The molecule has 0 atom stereocenters. The standard InChI is InChI=1S/C29H24N4O2S/c1-19-7-14-23(15-8-19)31-29-32-26(18-36-29)20-9-11-21(12-10-20)28(34)33-30-17-22-13-16-27(35-2)25-6-4-3-5-24(22)25/h3-18H,1-2H3,(H,31,32)(H,33,34)/b30-17-. The largest absolute Gasteiger partial charge is 0.496 e. The summed E-state index contributed by atoms with van der Waals surface area (Å²) in [6.45, 7) is 2.06. The number of hydrogen-bond acceptors (Lipinski definition) is 6. The molecule has 2 N–H and O–H groups in total. The minimum atomic E-state index is -0.282. The van der Waals surface area contributed by atoms with Gasteiger partial charge < -0.3 is 10.1 Å². The summed E-state index contributed by atoms with van der Waals surface area (Å²) in [5.41, 5.74) is 8.02. The van der Waals surface area contributed by atoms with Crippen LogP contribution in [0.2, 0.25) is 0 Å². The molecule has 0 spiro atoms. The summed E-state index contributed by atoms with van der Waals surface area (Å²) in [5, 5.41) is 12.3. The Balaban J connectivity index is 1.24. The number of fused-ring (bicyclic) bond motifs is 1. The molecule has 0 fully saturated rings. The minimum absolute atomic E-state index is 0.282. The highest BCUT2D eigenvalue weighted by molar-refractivity contribution is 7.14. The zero-order chi connectivity index (χ0) is 24.9. The molecule has 0 saturated heterocycles. The first-order valence-electron chi connectivity index (χ1n) is 11.4. The van der Waals surface area contributed by atoms with Crippen LogP contribution in [0.1, 0.15) is 21.5 Å². The van der Waals surface area contributed by atoms with Crippen molar-refractivity contribution < 1.29 is 9.53 Å². The second-order valence-corrected chi connectivity index (χ2v) is 9.07. The first-order valence-corrected chi connectivity index (χ1v) is 12.3. The molecule has 0 bridgehead atoms. The normalized spacial score (nSPS) is 11.1. The van der Waals surface area contributed by atoms with Gasteiger partial charge in [0.1, 0.15) is 5.75 Å². The van der Waals surface area contributed by atoms with E-state index in [1.165, 1.54) is 16.9 Å². The maximum atomic E-state index is 12.6. The van der Waals surface area contributed by atoms with Crippen molar-refractivity contribution in [2.45, 2.75) is 6.92 Å². The van der Waals surface area contributed by atoms with E-state index in [4.69, 9.17) is 4.74 Å². The first kappa shape index (κ1) is 23.3. The lowest BCUT2D eigenvalue weighted by molar-refractivity contribution is 0.0955. The third kappa shape index (κ3) is 5.11. The second-order valence-electron chi connectivity index (χ2n) is 8.21. The number of hydrazone groups is 1. The number of methoxy groups -OCH3 is 1. The van der Waals surface area contributed by atoms with Gasteiger partial charge in [-0.1, -0.05) is 54.1 Å². The number of carbonyl (C=O) groups excluding carboxylic acids is 1. The van der Waals surface area contributed by atoms with Crippen molar-refractivity contribution in [3.63, 3.8) is 0 Å². The van der Waals surface area contributed by atoms with Crippen LogP contribution in [0.4, 0.5) is 10.8 Å². The molecule has 0 unspecified atom stereocenters. The highest BCUT2D eigenvalue weighted by atomic mass is 32.1. The average molecular weight is 493 g/mol. The van der Waals surface area contributed by atoms with Gasteiger partial charge >= 0.3 is 0 Å². The quantitative estimate of drug-likeness (QED) is 0.194. The summed E-state index contributed by atoms with van der Waals surface area (Å²) in [5.74, 6) is 0.515. The molecule has 5 aromatic rings. The number of thiazole rings is 1. The van der Waals surface area contributed by atoms with Crippen LogP contribution in [0.3, 0.4) is 0 Å². The van der Waals surface area contributed by atoms with Crippen molar-refractivity contribution in [2.75, 3.05) is 12.4 Å². The van der Waals surface area contributed by atoms with Crippen LogP contribution in [-0.4, -0.2) is 24.2 Å². The molecule has 178 valence electrons. The van der Waals surface area contributed by atoms with Crippen LogP contribution in [0.15, 0.2) is 95.4 Å². The number of nitrogens with zero attached hydrogens (tertiary/aromatic N) is 2. The third-order valence-electron chi connectivity index (χ3n) is 5.76. The maximum absolute atomic E-state index is 12.6. The molecule has 0 aliphatic rings. The van der Waals surface area contributed by atoms with Crippen LogP contribution in [-0.2, 0) is 0 Å². The summed E-state index contributed by atoms with van der Waals surface area (Å²) in [4.78, 5) is 17.3. The molecule has 1 aromatic heterocycles. The van der Waals surface area contributed by atoms with Gasteiger partial charge in [-0.2, -0.15) is 5.10 Å². The number of anilines is 2. The van der Waals surface area contributed by atoms with Gasteiger partial charge in [0.15, 0.2) is 5.13 Å². The number of nitrogens with one attached hydrogen (secondary N) is 2. The van der Waals surface area contributed by atoms with Gasteiger partial charge in [-0.05, 0) is 48.7 Å². The fraction of sp³-hybridized carbons (Fsp3) is 0.0690. The third-order valence-corrected chi connectivity index (χ3v) is 6.52. The van der Waals surface area contributed by atoms with E-state index in [1.54, 1.807) is 25.5 Å². The number of aromatic nitrogens is 1. The number of ether oxygens (including phenoxy) is 1. The maximum Gasteiger partial charge on any atom is 0.271 e. The number of rotatable bonds is 7. The topological polar surface area (TPSA) is 75.6 Å². The fourth-order valence-corrected chi connectivity index (χ4v) is 4.57. The van der Waals surface area contributed by atoms with Gasteiger partial charge in [0.05, 0.1) is 19.0 Å². The smallest absolute Gasteiger partial charge is 0.271 e. The van der Waals surface area contributed by atoms with Gasteiger partial charge in [0.25, 0.3) is 5.91 Å². The molecule has 1 amide bonds. The van der Waals surface area contributed by atoms with Gasteiger partial charge in [-0.3, -0.25) is 4.79 Å². The lowest BCUT2D eigenvalue weighted by atomic mass is 10.0. The molecule has 6 nitrogen and oxygen atoms in total. The SMILES string of the molecule is COc1ccc(/C=N\NC(=O)c2ccc(-c3csc(Nc4ccc(C)cc4)n3)cc2)c2ccccc12. The molecule has 36 heavy (non-hydrogen) atoms. The van der Waals surface area contributed by atoms with Gasteiger partial charge in [-0.25, -0.2) is 10.4 Å². The zero-order valence-electron chi connectivity index (χ0n) is 19.9. The van der Waals surface area contributed by atoms with E-state index < -0.39 is 0 Å². The summed E-state index contributed by atoms with van der Waals surface area (Å²) >= 11 is 1.54. The Morgan fingerprint density at radius 3 is 2.44 bits per heavy atom. The molecule has 5 rings (SSSR count). The van der Waals surface area contributed by atoms with Crippen LogP contribution in [0.25, 0.3) is 22.0 Å². The van der Waals surface area contributed by atoms with E-state index >= 15 is 0 Å². The Hall–Kier alpha value is -4.49. The number of carbonyl (C=O) groups is 1. The number of hydrogen-bond donors (Lipinski definition) is 2. The number of benzene rings is 4. The van der Waals surface area contributed by atoms with Crippen molar-refractivity contribution in [1.29, 1.82) is 0 Å². The van der Waals surface area contributed by atoms with Crippen molar-refractivity contribution >= 4 is 45.0 Å². The highest BCUT2D eigenvalue weighted by Gasteiger charge is 2.09. The molecular weight excluding hydrogens is 468 g/mol. The Labute approximate surface area is 213 Å². The summed E-state index contributed by atoms with van der Waals surface area (Å²) < 4.78 is 5.43. The molecule has 1 heterocycles. The van der Waals surface area contributed by atoms with E-state index in [0.29, 0.717) is 5.56 Å². The van der Waals surface area contributed by atoms with Crippen molar-refractivity contribution in [1.82, 2.24) is 10.4 Å². The van der Waals surface area contributed by atoms with E-state index in [9.17, 15) is 4.79 Å². The van der Waals surface area contributed by atoms with Crippen molar-refractivity contribution in [3.05, 3.63) is 107 Å². The highest BCUT2D eigenvalue weighted by Crippen LogP contribution is 2.28. The molecular formula is C29H24N4O2S.